The number of hydrazone groups is 1. The molecular weight excluding hydrogens is 507 g/mol. The molecule has 0 spiro atoms. The number of hydrogen-bond acceptors (Lipinski definition) is 6. The molecule has 0 unspecified atom stereocenters. The molecule has 11 heteroatoms. The van der Waals surface area contributed by atoms with Crippen LogP contribution in [0.5, 0.6) is 11.5 Å². The van der Waals surface area contributed by atoms with Crippen LogP contribution in [-0.2, 0) is 16.1 Å². The maximum atomic E-state index is 12.5. The molecule has 0 saturated carbocycles. The Kier molecular flexibility index (Phi) is 7.42. The van der Waals surface area contributed by atoms with Gasteiger partial charge in [-0.3, -0.25) is 4.79 Å². The van der Waals surface area contributed by atoms with Gasteiger partial charge in [-0.15, -0.1) is 0 Å². The molecule has 184 valence electrons. The molecule has 1 aliphatic heterocycles. The molecule has 3 aromatic rings. The number of carbonyl (C=O) groups is 2. The van der Waals surface area contributed by atoms with Crippen LogP contribution < -0.4 is 20.6 Å². The zero-order chi connectivity index (χ0) is 25.8. The SMILES string of the molecule is C=C1NC(=O)N(c2cc(Cl)c(Oc3ccc(=O)n(Cc4ccccc4)c3)c(Cl)c2)N=C1C(=O)OCC. The van der Waals surface area contributed by atoms with Crippen molar-refractivity contribution in [1.82, 2.24) is 9.88 Å². The van der Waals surface area contributed by atoms with Gasteiger partial charge >= 0.3 is 12.0 Å². The van der Waals surface area contributed by atoms with Crippen LogP contribution in [0.25, 0.3) is 0 Å². The number of nitrogens with one attached hydrogen (secondary N) is 1. The molecule has 0 bridgehead atoms. The number of esters is 1. The van der Waals surface area contributed by atoms with Crippen molar-refractivity contribution in [3.05, 3.63) is 99.0 Å². The van der Waals surface area contributed by atoms with Crippen molar-refractivity contribution in [3.63, 3.8) is 0 Å². The second-order valence-electron chi connectivity index (χ2n) is 7.55. The van der Waals surface area contributed by atoms with Gasteiger partial charge in [-0.1, -0.05) is 60.1 Å². The lowest BCUT2D eigenvalue weighted by molar-refractivity contribution is -0.135. The van der Waals surface area contributed by atoms with E-state index in [4.69, 9.17) is 32.7 Å². The standard InChI is InChI=1S/C25H20Cl2N4O5/c1-3-35-24(33)22-15(2)28-25(34)31(29-22)17-11-19(26)23(20(27)12-17)36-18-9-10-21(32)30(14-18)13-16-7-5-4-6-8-16/h4-12,14H,2-3,13H2,1H3,(H,28,34). The number of rotatable bonds is 7. The summed E-state index contributed by atoms with van der Waals surface area (Å²) in [5, 5.41) is 7.57. The highest BCUT2D eigenvalue weighted by Gasteiger charge is 2.30. The van der Waals surface area contributed by atoms with Crippen molar-refractivity contribution in [3.8, 4) is 11.5 Å². The first-order chi connectivity index (χ1) is 17.3. The highest BCUT2D eigenvalue weighted by molar-refractivity contribution is 6.44. The van der Waals surface area contributed by atoms with Crippen LogP contribution in [0.1, 0.15) is 12.5 Å². The van der Waals surface area contributed by atoms with Crippen LogP contribution in [0, 0.1) is 0 Å². The Morgan fingerprint density at radius 3 is 2.44 bits per heavy atom. The van der Waals surface area contributed by atoms with Gasteiger partial charge in [-0.2, -0.15) is 10.1 Å². The van der Waals surface area contributed by atoms with Crippen LogP contribution in [-0.4, -0.2) is 28.9 Å². The number of amides is 2. The van der Waals surface area contributed by atoms with E-state index in [0.717, 1.165) is 10.6 Å². The normalized spacial score (nSPS) is 13.2. The summed E-state index contributed by atoms with van der Waals surface area (Å²) < 4.78 is 12.3. The summed E-state index contributed by atoms with van der Waals surface area (Å²) in [6.07, 6.45) is 1.55. The topological polar surface area (TPSA) is 102 Å². The van der Waals surface area contributed by atoms with Crippen molar-refractivity contribution < 1.29 is 19.1 Å². The number of carbonyl (C=O) groups excluding carboxylic acids is 2. The van der Waals surface area contributed by atoms with Crippen molar-refractivity contribution in [2.24, 2.45) is 5.10 Å². The Labute approximate surface area is 216 Å². The van der Waals surface area contributed by atoms with Crippen LogP contribution in [0.4, 0.5) is 10.5 Å². The minimum absolute atomic E-state index is 0.0116. The number of pyridine rings is 1. The third kappa shape index (κ3) is 5.42. The van der Waals surface area contributed by atoms with Crippen LogP contribution >= 0.6 is 23.2 Å². The highest BCUT2D eigenvalue weighted by atomic mass is 35.5. The first-order valence-electron chi connectivity index (χ1n) is 10.7. The van der Waals surface area contributed by atoms with Gasteiger partial charge in [0.2, 0.25) is 0 Å². The fraction of sp³-hybridized carbons (Fsp3) is 0.120. The highest BCUT2D eigenvalue weighted by Crippen LogP contribution is 2.40. The Morgan fingerprint density at radius 2 is 1.78 bits per heavy atom. The van der Waals surface area contributed by atoms with Crippen molar-refractivity contribution in [1.29, 1.82) is 0 Å². The Morgan fingerprint density at radius 1 is 1.08 bits per heavy atom. The van der Waals surface area contributed by atoms with E-state index in [1.54, 1.807) is 13.1 Å². The van der Waals surface area contributed by atoms with Crippen molar-refractivity contribution in [2.75, 3.05) is 11.6 Å². The Hall–Kier alpha value is -4.08. The maximum absolute atomic E-state index is 12.5. The number of nitrogens with zero attached hydrogens (tertiary/aromatic N) is 3. The molecule has 1 aliphatic rings. The van der Waals surface area contributed by atoms with Gasteiger partial charge in [0.05, 0.1) is 40.8 Å². The smallest absolute Gasteiger partial charge is 0.360 e. The third-order valence-corrected chi connectivity index (χ3v) is 5.57. The summed E-state index contributed by atoms with van der Waals surface area (Å²) in [6, 6.07) is 14.5. The number of halogens is 2. The molecule has 9 nitrogen and oxygen atoms in total. The quantitative estimate of drug-likeness (QED) is 0.438. The van der Waals surface area contributed by atoms with Crippen LogP contribution in [0.3, 0.4) is 0 Å². The Balaban J connectivity index is 1.62. The lowest BCUT2D eigenvalue weighted by Gasteiger charge is -2.25. The van der Waals surface area contributed by atoms with Crippen LogP contribution in [0.2, 0.25) is 10.0 Å². The molecule has 2 heterocycles. The molecule has 0 radical (unpaired) electrons. The van der Waals surface area contributed by atoms with Crippen LogP contribution in [0.15, 0.2) is 83.0 Å². The third-order valence-electron chi connectivity index (χ3n) is 5.00. The molecule has 4 rings (SSSR count). The number of anilines is 1. The van der Waals surface area contributed by atoms with Crippen molar-refractivity contribution in [2.45, 2.75) is 13.5 Å². The van der Waals surface area contributed by atoms with E-state index in [9.17, 15) is 14.4 Å². The molecule has 0 saturated heterocycles. The van der Waals surface area contributed by atoms with E-state index in [2.05, 4.69) is 17.0 Å². The van der Waals surface area contributed by atoms with Gasteiger partial charge < -0.3 is 19.4 Å². The summed E-state index contributed by atoms with van der Waals surface area (Å²) in [4.78, 5) is 37.0. The summed E-state index contributed by atoms with van der Waals surface area (Å²) in [7, 11) is 0. The number of aromatic nitrogens is 1. The minimum atomic E-state index is -0.740. The molecule has 2 aromatic carbocycles. The van der Waals surface area contributed by atoms with E-state index in [1.165, 1.54) is 28.8 Å². The second kappa shape index (κ2) is 10.7. The van der Waals surface area contributed by atoms with Gasteiger partial charge in [-0.25, -0.2) is 9.59 Å². The molecule has 0 fully saturated rings. The van der Waals surface area contributed by atoms with E-state index in [1.807, 2.05) is 30.3 Å². The number of urea groups is 1. The fourth-order valence-electron chi connectivity index (χ4n) is 3.34. The predicted molar refractivity (Wildman–Crippen MR) is 137 cm³/mol. The first kappa shape index (κ1) is 25.0. The Bertz CT molecular complexity index is 1410. The minimum Gasteiger partial charge on any atom is -0.461 e. The van der Waals surface area contributed by atoms with Gasteiger partial charge in [0.15, 0.2) is 11.5 Å². The van der Waals surface area contributed by atoms with Gasteiger partial charge in [0, 0.05) is 6.07 Å². The van der Waals surface area contributed by atoms with Gasteiger partial charge in [-0.05, 0) is 30.7 Å². The van der Waals surface area contributed by atoms with E-state index < -0.39 is 12.0 Å². The van der Waals surface area contributed by atoms with Gasteiger partial charge in [0.1, 0.15) is 5.75 Å². The molecule has 36 heavy (non-hydrogen) atoms. The zero-order valence-electron chi connectivity index (χ0n) is 19.0. The van der Waals surface area contributed by atoms with E-state index in [0.29, 0.717) is 12.3 Å². The summed E-state index contributed by atoms with van der Waals surface area (Å²) in [5.41, 5.74) is 0.773. The van der Waals surface area contributed by atoms with Crippen molar-refractivity contribution >= 4 is 46.6 Å². The maximum Gasteiger partial charge on any atom is 0.360 e. The summed E-state index contributed by atoms with van der Waals surface area (Å²) >= 11 is 12.9. The average molecular weight is 527 g/mol. The number of hydrogen-bond donors (Lipinski definition) is 1. The molecule has 0 aliphatic carbocycles. The van der Waals surface area contributed by atoms with E-state index >= 15 is 0 Å². The second-order valence-corrected chi connectivity index (χ2v) is 8.36. The molecule has 1 aromatic heterocycles. The predicted octanol–water partition coefficient (Wildman–Crippen LogP) is 4.96. The first-order valence-corrected chi connectivity index (χ1v) is 11.5. The van der Waals surface area contributed by atoms with E-state index in [-0.39, 0.29) is 45.1 Å². The lowest BCUT2D eigenvalue weighted by atomic mass is 10.2. The fourth-order valence-corrected chi connectivity index (χ4v) is 3.90. The molecule has 0 atom stereocenters. The average Bonchev–Trinajstić information content (AvgIpc) is 2.84. The monoisotopic (exact) mass is 526 g/mol. The number of benzene rings is 2. The molecule has 2 amide bonds. The summed E-state index contributed by atoms with van der Waals surface area (Å²) in [6.45, 7) is 5.75. The zero-order valence-corrected chi connectivity index (χ0v) is 20.5. The van der Waals surface area contributed by atoms with Gasteiger partial charge in [0.25, 0.3) is 5.56 Å². The number of ether oxygens (including phenoxy) is 2. The largest absolute Gasteiger partial charge is 0.461 e. The summed E-state index contributed by atoms with van der Waals surface area (Å²) in [5.74, 6) is -0.296. The molecular formula is C25H20Cl2N4O5. The lowest BCUT2D eigenvalue weighted by Crippen LogP contribution is -2.45. The molecule has 1 N–H and O–H groups in total.